The van der Waals surface area contributed by atoms with Crippen LogP contribution in [0.2, 0.25) is 0 Å². The van der Waals surface area contributed by atoms with Crippen molar-refractivity contribution in [2.75, 3.05) is 49.7 Å². The summed E-state index contributed by atoms with van der Waals surface area (Å²) in [6, 6.07) is 4.74. The zero-order chi connectivity index (χ0) is 26.8. The van der Waals surface area contributed by atoms with Gasteiger partial charge < -0.3 is 24.8 Å². The van der Waals surface area contributed by atoms with Gasteiger partial charge in [-0.3, -0.25) is 9.36 Å². The Bertz CT molecular complexity index is 1300. The summed E-state index contributed by atoms with van der Waals surface area (Å²) in [5.41, 5.74) is 7.84. The first-order valence-corrected chi connectivity index (χ1v) is 13.8. The smallest absolute Gasteiger partial charge is 0.160 e. The lowest BCUT2D eigenvalue weighted by molar-refractivity contribution is 0.0652. The van der Waals surface area contributed by atoms with E-state index < -0.39 is 0 Å². The number of nitrogens with one attached hydrogen (secondary N) is 1. The van der Waals surface area contributed by atoms with E-state index in [1.807, 2.05) is 39.5 Å². The Labute approximate surface area is 225 Å². The molecule has 3 aromatic rings. The summed E-state index contributed by atoms with van der Waals surface area (Å²) < 4.78 is 9.77. The summed E-state index contributed by atoms with van der Waals surface area (Å²) in [5.74, 6) is 1.04. The van der Waals surface area contributed by atoms with Gasteiger partial charge in [0.1, 0.15) is 0 Å². The van der Waals surface area contributed by atoms with Gasteiger partial charge in [0.15, 0.2) is 5.82 Å². The molecule has 0 radical (unpaired) electrons. The van der Waals surface area contributed by atoms with Gasteiger partial charge in [0, 0.05) is 94.7 Å². The highest BCUT2D eigenvalue weighted by atomic mass is 16.5. The monoisotopic (exact) mass is 516 g/mol. The molecule has 0 bridgehead atoms. The van der Waals surface area contributed by atoms with Crippen LogP contribution in [0, 0.1) is 5.41 Å². The second-order valence-corrected chi connectivity index (χ2v) is 9.99. The number of aryl methyl sites for hydroxylation is 1. The van der Waals surface area contributed by atoms with Crippen LogP contribution in [0.15, 0.2) is 37.3 Å². The van der Waals surface area contributed by atoms with Gasteiger partial charge >= 0.3 is 0 Å². The van der Waals surface area contributed by atoms with Gasteiger partial charge in [-0.2, -0.15) is 10.2 Å². The topological polar surface area (TPSA) is 78.4 Å². The minimum absolute atomic E-state index is 0.383. The first-order chi connectivity index (χ1) is 18.6. The number of nitrogens with zero attached hydrogens (tertiary/aromatic N) is 7. The predicted octanol–water partition coefficient (Wildman–Crippen LogP) is 4.75. The van der Waals surface area contributed by atoms with Crippen LogP contribution in [0.1, 0.15) is 49.6 Å². The zero-order valence-electron chi connectivity index (χ0n) is 23.2. The highest BCUT2D eigenvalue weighted by Crippen LogP contribution is 2.43. The molecule has 0 unspecified atom stereocenters. The van der Waals surface area contributed by atoms with Crippen molar-refractivity contribution in [1.82, 2.24) is 24.5 Å². The third kappa shape index (κ3) is 4.60. The van der Waals surface area contributed by atoms with E-state index in [0.29, 0.717) is 6.04 Å². The fourth-order valence-corrected chi connectivity index (χ4v) is 5.81. The minimum Gasteiger partial charge on any atom is -0.381 e. The summed E-state index contributed by atoms with van der Waals surface area (Å²) in [5, 5.41) is 17.9. The van der Waals surface area contributed by atoms with E-state index in [4.69, 9.17) is 15.2 Å². The average molecular weight is 517 g/mol. The van der Waals surface area contributed by atoms with Crippen LogP contribution in [0.4, 0.5) is 17.2 Å². The van der Waals surface area contributed by atoms with Crippen molar-refractivity contribution >= 4 is 23.4 Å². The number of aromatic nitrogens is 4. The van der Waals surface area contributed by atoms with E-state index in [1.165, 1.54) is 17.5 Å². The van der Waals surface area contributed by atoms with Gasteiger partial charge in [0.25, 0.3) is 0 Å². The Morgan fingerprint density at radius 2 is 1.87 bits per heavy atom. The molecule has 1 saturated heterocycles. The molecule has 6 rings (SSSR count). The number of hydrogen-bond acceptors (Lipinski definition) is 7. The van der Waals surface area contributed by atoms with Crippen LogP contribution in [0.5, 0.6) is 0 Å². The molecule has 3 aliphatic heterocycles. The molecule has 0 atom stereocenters. The maximum Gasteiger partial charge on any atom is 0.160 e. The Morgan fingerprint density at radius 1 is 1.08 bits per heavy atom. The van der Waals surface area contributed by atoms with Crippen molar-refractivity contribution in [2.24, 2.45) is 7.05 Å². The molecule has 3 aliphatic rings. The molecule has 0 saturated carbocycles. The van der Waals surface area contributed by atoms with Crippen LogP contribution in [-0.2, 0) is 24.8 Å². The number of likely N-dealkylation sites (N-methyl/N-ethyl adjacent to an activating group) is 1. The first-order valence-electron chi connectivity index (χ1n) is 13.8. The summed E-state index contributed by atoms with van der Waals surface area (Å²) >= 11 is 0. The fourth-order valence-electron chi connectivity index (χ4n) is 5.81. The number of rotatable bonds is 5. The minimum atomic E-state index is 0.383. The van der Waals surface area contributed by atoms with Crippen molar-refractivity contribution < 1.29 is 4.74 Å². The molecule has 9 heteroatoms. The molecular weight excluding hydrogens is 476 g/mol. The van der Waals surface area contributed by atoms with Gasteiger partial charge in [0.05, 0.1) is 23.6 Å². The fraction of sp³-hybridized carbons (Fsp3) is 0.483. The van der Waals surface area contributed by atoms with Gasteiger partial charge in [-0.15, -0.1) is 0 Å². The van der Waals surface area contributed by atoms with Gasteiger partial charge in [-0.05, 0) is 36.7 Å². The summed E-state index contributed by atoms with van der Waals surface area (Å²) in [6.07, 6.45) is 10.2. The maximum atomic E-state index is 8.19. The number of benzene rings is 1. The number of hydrogen-bond donors (Lipinski definition) is 1. The maximum absolute atomic E-state index is 8.19. The van der Waals surface area contributed by atoms with E-state index in [9.17, 15) is 0 Å². The van der Waals surface area contributed by atoms with Crippen molar-refractivity contribution in [3.05, 3.63) is 54.1 Å². The Balaban J connectivity index is 0.00000144. The highest BCUT2D eigenvalue weighted by Gasteiger charge is 2.33. The highest BCUT2D eigenvalue weighted by molar-refractivity contribution is 5.95. The molecule has 5 heterocycles. The number of ether oxygens (including phenoxy) is 1. The third-order valence-electron chi connectivity index (χ3n) is 7.82. The van der Waals surface area contributed by atoms with Crippen molar-refractivity contribution in [3.8, 4) is 11.1 Å². The van der Waals surface area contributed by atoms with Crippen LogP contribution in [-0.4, -0.2) is 70.6 Å². The SMILES string of the molecule is C=CN1CCc2c(c(N3CCN(C)c4cc(-c5cnn(C)c5)c(C=N)cc43)nn2C2CCOCC2)C1.CC. The molecule has 38 heavy (non-hydrogen) atoms. The molecule has 0 spiro atoms. The number of fused-ring (bicyclic) bond motifs is 2. The van der Waals surface area contributed by atoms with Gasteiger partial charge in [-0.25, -0.2) is 0 Å². The van der Waals surface area contributed by atoms with E-state index >= 15 is 0 Å². The molecule has 2 aromatic heterocycles. The van der Waals surface area contributed by atoms with E-state index in [2.05, 4.69) is 50.2 Å². The summed E-state index contributed by atoms with van der Waals surface area (Å²) in [6.45, 7) is 13.2. The molecule has 1 aromatic carbocycles. The van der Waals surface area contributed by atoms with Gasteiger partial charge in [-0.1, -0.05) is 20.4 Å². The Kier molecular flexibility index (Phi) is 7.56. The van der Waals surface area contributed by atoms with E-state index in [1.54, 1.807) is 4.68 Å². The third-order valence-corrected chi connectivity index (χ3v) is 7.82. The molecule has 1 fully saturated rings. The lowest BCUT2D eigenvalue weighted by atomic mass is 9.98. The van der Waals surface area contributed by atoms with Crippen LogP contribution in [0.25, 0.3) is 11.1 Å². The molecular formula is C29H40N8O. The Hall–Kier alpha value is -3.59. The standard InChI is InChI=1S/C27H34N8O.C2H6/c1-4-33-8-5-24-23(18-33)27(30-35(24)21-6-11-36-12-7-21)34-10-9-31(2)25-14-22(19(15-28)13-26(25)34)20-16-29-32(3)17-20;1-2/h4,13-17,21,28H,1,5-12,18H2,2-3H3;1-2H3. The van der Waals surface area contributed by atoms with Crippen LogP contribution >= 0.6 is 0 Å². The second-order valence-electron chi connectivity index (χ2n) is 9.99. The molecule has 0 amide bonds. The van der Waals surface area contributed by atoms with Gasteiger partial charge in [0.2, 0.25) is 0 Å². The van der Waals surface area contributed by atoms with Crippen molar-refractivity contribution in [3.63, 3.8) is 0 Å². The second kappa shape index (κ2) is 11.0. The molecule has 9 nitrogen and oxygen atoms in total. The summed E-state index contributed by atoms with van der Waals surface area (Å²) in [7, 11) is 4.06. The molecule has 202 valence electrons. The van der Waals surface area contributed by atoms with Crippen LogP contribution < -0.4 is 9.80 Å². The zero-order valence-corrected chi connectivity index (χ0v) is 23.2. The van der Waals surface area contributed by atoms with Crippen LogP contribution in [0.3, 0.4) is 0 Å². The number of anilines is 3. The molecule has 0 aliphatic carbocycles. The quantitative estimate of drug-likeness (QED) is 0.493. The first kappa shape index (κ1) is 26.0. The lowest BCUT2D eigenvalue weighted by Gasteiger charge is -2.37. The largest absolute Gasteiger partial charge is 0.381 e. The van der Waals surface area contributed by atoms with Crippen molar-refractivity contribution in [2.45, 2.75) is 45.7 Å². The summed E-state index contributed by atoms with van der Waals surface area (Å²) in [4.78, 5) is 6.96. The average Bonchev–Trinajstić information content (AvgIpc) is 3.57. The van der Waals surface area contributed by atoms with Crippen molar-refractivity contribution in [1.29, 1.82) is 5.41 Å². The van der Waals surface area contributed by atoms with E-state index in [-0.39, 0.29) is 0 Å². The predicted molar refractivity (Wildman–Crippen MR) is 154 cm³/mol. The lowest BCUT2D eigenvalue weighted by Crippen LogP contribution is -2.37. The van der Waals surface area contributed by atoms with E-state index in [0.717, 1.165) is 92.5 Å². The Morgan fingerprint density at radius 3 is 2.55 bits per heavy atom. The molecule has 1 N–H and O–H groups in total. The normalized spacial score (nSPS) is 17.4.